The Kier molecular flexibility index (Phi) is 4.22. The number of methoxy groups -OCH3 is 1. The van der Waals surface area contributed by atoms with Crippen LogP contribution in [-0.4, -0.2) is 12.1 Å². The van der Waals surface area contributed by atoms with Crippen LogP contribution in [0.25, 0.3) is 0 Å². The predicted molar refractivity (Wildman–Crippen MR) is 71.3 cm³/mol. The molecule has 0 aliphatic heterocycles. The smallest absolute Gasteiger partial charge is 0.129 e. The Morgan fingerprint density at radius 3 is 2.68 bits per heavy atom. The Balaban J connectivity index is 2.11. The highest BCUT2D eigenvalue weighted by Crippen LogP contribution is 2.23. The number of rotatable bonds is 4. The number of pyridine rings is 1. The van der Waals surface area contributed by atoms with Crippen LogP contribution >= 0.6 is 11.6 Å². The van der Waals surface area contributed by atoms with Crippen LogP contribution in [0.1, 0.15) is 11.1 Å². The first-order chi connectivity index (χ1) is 9.21. The Hall–Kier alpha value is -2.25. The van der Waals surface area contributed by atoms with E-state index < -0.39 is 0 Å². The summed E-state index contributed by atoms with van der Waals surface area (Å²) in [5, 5.41) is 9.35. The number of aromatic nitrogens is 1. The Morgan fingerprint density at radius 1 is 1.26 bits per heavy atom. The van der Waals surface area contributed by atoms with Crippen LogP contribution in [0.15, 0.2) is 36.5 Å². The van der Waals surface area contributed by atoms with Crippen LogP contribution in [0.3, 0.4) is 0 Å². The van der Waals surface area contributed by atoms with Gasteiger partial charge in [-0.05, 0) is 18.2 Å². The normalized spacial score (nSPS) is 9.74. The number of ether oxygens (including phenoxy) is 2. The van der Waals surface area contributed by atoms with Gasteiger partial charge in [0.05, 0.1) is 18.7 Å². The van der Waals surface area contributed by atoms with E-state index in [0.717, 1.165) is 5.56 Å². The maximum Gasteiger partial charge on any atom is 0.129 e. The largest absolute Gasteiger partial charge is 0.497 e. The molecule has 1 heterocycles. The van der Waals surface area contributed by atoms with E-state index in [4.69, 9.17) is 26.3 Å². The standard InChI is InChI=1S/C14H11ClN2O2/c1-18-12-4-11(7-16)5-13(6-12)19-9-10-2-3-14(15)17-8-10/h2-6,8H,9H2,1H3. The fourth-order valence-electron chi connectivity index (χ4n) is 1.50. The maximum atomic E-state index is 8.91. The van der Waals surface area contributed by atoms with Crippen LogP contribution in [0, 0.1) is 11.3 Å². The van der Waals surface area contributed by atoms with Gasteiger partial charge in [0.2, 0.25) is 0 Å². The lowest BCUT2D eigenvalue weighted by atomic mass is 10.2. The molecule has 0 bridgehead atoms. The molecule has 0 atom stereocenters. The Bertz CT molecular complexity index is 606. The van der Waals surface area contributed by atoms with Gasteiger partial charge >= 0.3 is 0 Å². The van der Waals surface area contributed by atoms with Crippen molar-refractivity contribution in [3.8, 4) is 17.6 Å². The van der Waals surface area contributed by atoms with Crippen molar-refractivity contribution >= 4 is 11.6 Å². The summed E-state index contributed by atoms with van der Waals surface area (Å²) in [5.41, 5.74) is 1.38. The summed E-state index contributed by atoms with van der Waals surface area (Å²) >= 11 is 5.70. The highest BCUT2D eigenvalue weighted by molar-refractivity contribution is 6.29. The van der Waals surface area contributed by atoms with Gasteiger partial charge in [0.1, 0.15) is 23.3 Å². The summed E-state index contributed by atoms with van der Waals surface area (Å²) in [6.45, 7) is 0.349. The summed E-state index contributed by atoms with van der Waals surface area (Å²) in [6.07, 6.45) is 1.65. The van der Waals surface area contributed by atoms with E-state index in [-0.39, 0.29) is 0 Å². The number of nitriles is 1. The van der Waals surface area contributed by atoms with Gasteiger partial charge in [-0.25, -0.2) is 4.98 Å². The van der Waals surface area contributed by atoms with E-state index in [0.29, 0.717) is 28.8 Å². The van der Waals surface area contributed by atoms with Crippen molar-refractivity contribution in [2.24, 2.45) is 0 Å². The molecule has 96 valence electrons. The molecule has 19 heavy (non-hydrogen) atoms. The Labute approximate surface area is 116 Å². The summed E-state index contributed by atoms with van der Waals surface area (Å²) in [4.78, 5) is 3.97. The zero-order valence-corrected chi connectivity index (χ0v) is 11.0. The topological polar surface area (TPSA) is 55.1 Å². The van der Waals surface area contributed by atoms with Gasteiger partial charge < -0.3 is 9.47 Å². The highest BCUT2D eigenvalue weighted by Gasteiger charge is 2.03. The van der Waals surface area contributed by atoms with Gasteiger partial charge in [-0.3, -0.25) is 0 Å². The molecule has 5 heteroatoms. The second-order valence-corrected chi connectivity index (χ2v) is 4.17. The molecule has 0 N–H and O–H groups in total. The molecule has 0 fully saturated rings. The lowest BCUT2D eigenvalue weighted by molar-refractivity contribution is 0.303. The number of benzene rings is 1. The van der Waals surface area contributed by atoms with Crippen LogP contribution in [0.2, 0.25) is 5.15 Å². The summed E-state index contributed by atoms with van der Waals surface area (Å²) in [7, 11) is 1.55. The molecule has 0 saturated carbocycles. The third kappa shape index (κ3) is 3.60. The van der Waals surface area contributed by atoms with E-state index in [2.05, 4.69) is 11.1 Å². The fraction of sp³-hybridized carbons (Fsp3) is 0.143. The number of nitrogens with zero attached hydrogens (tertiary/aromatic N) is 2. The first-order valence-corrected chi connectivity index (χ1v) is 5.91. The number of hydrogen-bond acceptors (Lipinski definition) is 4. The average molecular weight is 275 g/mol. The molecular weight excluding hydrogens is 264 g/mol. The van der Waals surface area contributed by atoms with E-state index in [1.165, 1.54) is 0 Å². The molecular formula is C14H11ClN2O2. The van der Waals surface area contributed by atoms with Crippen molar-refractivity contribution in [2.75, 3.05) is 7.11 Å². The van der Waals surface area contributed by atoms with Crippen molar-refractivity contribution in [1.29, 1.82) is 5.26 Å². The lowest BCUT2D eigenvalue weighted by Gasteiger charge is -2.08. The fourth-order valence-corrected chi connectivity index (χ4v) is 1.61. The third-order valence-electron chi connectivity index (χ3n) is 2.44. The van der Waals surface area contributed by atoms with Gasteiger partial charge in [-0.15, -0.1) is 0 Å². The van der Waals surface area contributed by atoms with Gasteiger partial charge in [-0.2, -0.15) is 5.26 Å². The molecule has 0 saturated heterocycles. The van der Waals surface area contributed by atoms with Crippen molar-refractivity contribution in [2.45, 2.75) is 6.61 Å². The molecule has 1 aromatic carbocycles. The van der Waals surface area contributed by atoms with E-state index in [9.17, 15) is 0 Å². The molecule has 0 radical (unpaired) electrons. The van der Waals surface area contributed by atoms with Gasteiger partial charge in [-0.1, -0.05) is 17.7 Å². The summed E-state index contributed by atoms with van der Waals surface area (Å²) in [5.74, 6) is 1.16. The summed E-state index contributed by atoms with van der Waals surface area (Å²) < 4.78 is 10.7. The SMILES string of the molecule is COc1cc(C#N)cc(OCc2ccc(Cl)nc2)c1. The van der Waals surface area contributed by atoms with Crippen molar-refractivity contribution in [3.63, 3.8) is 0 Å². The molecule has 0 spiro atoms. The van der Waals surface area contributed by atoms with Crippen LogP contribution in [0.4, 0.5) is 0 Å². The zero-order valence-electron chi connectivity index (χ0n) is 10.3. The molecule has 0 aliphatic carbocycles. The minimum Gasteiger partial charge on any atom is -0.497 e. The quantitative estimate of drug-likeness (QED) is 0.804. The molecule has 4 nitrogen and oxygen atoms in total. The van der Waals surface area contributed by atoms with Crippen LogP contribution in [-0.2, 0) is 6.61 Å². The molecule has 2 aromatic rings. The monoisotopic (exact) mass is 274 g/mol. The predicted octanol–water partition coefficient (Wildman–Crippen LogP) is 3.19. The Morgan fingerprint density at radius 2 is 2.05 bits per heavy atom. The molecule has 1 aromatic heterocycles. The van der Waals surface area contributed by atoms with Gasteiger partial charge in [0.25, 0.3) is 0 Å². The molecule has 2 rings (SSSR count). The maximum absolute atomic E-state index is 8.91. The van der Waals surface area contributed by atoms with E-state index in [1.54, 1.807) is 37.6 Å². The first kappa shape index (κ1) is 13.2. The van der Waals surface area contributed by atoms with E-state index in [1.807, 2.05) is 6.07 Å². The summed E-state index contributed by atoms with van der Waals surface area (Å²) in [6, 6.07) is 10.6. The second kappa shape index (κ2) is 6.07. The minimum atomic E-state index is 0.349. The minimum absolute atomic E-state index is 0.349. The van der Waals surface area contributed by atoms with Crippen molar-refractivity contribution in [1.82, 2.24) is 4.98 Å². The van der Waals surface area contributed by atoms with Crippen molar-refractivity contribution < 1.29 is 9.47 Å². The van der Waals surface area contributed by atoms with E-state index >= 15 is 0 Å². The van der Waals surface area contributed by atoms with Gasteiger partial charge in [0, 0.05) is 17.8 Å². The highest BCUT2D eigenvalue weighted by atomic mass is 35.5. The second-order valence-electron chi connectivity index (χ2n) is 3.79. The number of hydrogen-bond donors (Lipinski definition) is 0. The van der Waals surface area contributed by atoms with Gasteiger partial charge in [0.15, 0.2) is 0 Å². The molecule has 0 amide bonds. The van der Waals surface area contributed by atoms with Crippen molar-refractivity contribution in [3.05, 3.63) is 52.8 Å². The zero-order chi connectivity index (χ0) is 13.7. The number of halogens is 1. The lowest BCUT2D eigenvalue weighted by Crippen LogP contribution is -1.97. The molecule has 0 aliphatic rings. The van der Waals surface area contributed by atoms with Crippen LogP contribution < -0.4 is 9.47 Å². The first-order valence-electron chi connectivity index (χ1n) is 5.53. The molecule has 0 unspecified atom stereocenters. The van der Waals surface area contributed by atoms with Crippen LogP contribution in [0.5, 0.6) is 11.5 Å². The third-order valence-corrected chi connectivity index (χ3v) is 2.66. The average Bonchev–Trinajstić information content (AvgIpc) is 2.46.